The largest absolute Gasteiger partial charge is 0.381 e. The number of ether oxygens (including phenoxy) is 1. The van der Waals surface area contributed by atoms with Crippen molar-refractivity contribution in [1.29, 1.82) is 0 Å². The quantitative estimate of drug-likeness (QED) is 0.322. The molecule has 0 aromatic heterocycles. The number of nitrogens with zero attached hydrogens (tertiary/aromatic N) is 3. The van der Waals surface area contributed by atoms with Crippen LogP contribution in [0.1, 0.15) is 57.8 Å². The van der Waals surface area contributed by atoms with Crippen molar-refractivity contribution in [3.05, 3.63) is 0 Å². The van der Waals surface area contributed by atoms with Crippen molar-refractivity contribution in [2.24, 2.45) is 10.9 Å². The van der Waals surface area contributed by atoms with Crippen molar-refractivity contribution in [3.63, 3.8) is 0 Å². The van der Waals surface area contributed by atoms with Crippen LogP contribution in [-0.2, 0) is 9.53 Å². The summed E-state index contributed by atoms with van der Waals surface area (Å²) in [6.45, 7) is 6.70. The van der Waals surface area contributed by atoms with Gasteiger partial charge in [0.1, 0.15) is 0 Å². The zero-order valence-electron chi connectivity index (χ0n) is 18.5. The highest BCUT2D eigenvalue weighted by Crippen LogP contribution is 2.31. The molecule has 0 aromatic carbocycles. The number of rotatable bonds is 5. The van der Waals surface area contributed by atoms with E-state index in [1.54, 1.807) is 0 Å². The lowest BCUT2D eigenvalue weighted by Crippen LogP contribution is -2.59. The normalized spacial score (nSPS) is 27.8. The molecule has 30 heavy (non-hydrogen) atoms. The molecule has 0 spiro atoms. The van der Waals surface area contributed by atoms with Crippen LogP contribution in [0.5, 0.6) is 0 Å². The third-order valence-electron chi connectivity index (χ3n) is 7.55. The average molecular weight is 533 g/mol. The van der Waals surface area contributed by atoms with Gasteiger partial charge in [0.25, 0.3) is 0 Å². The summed E-state index contributed by atoms with van der Waals surface area (Å²) in [4.78, 5) is 21.9. The Bertz CT molecular complexity index is 584. The summed E-state index contributed by atoms with van der Waals surface area (Å²) in [5.74, 6) is 1.53. The van der Waals surface area contributed by atoms with E-state index in [0.29, 0.717) is 11.9 Å². The molecule has 7 nitrogen and oxygen atoms in total. The van der Waals surface area contributed by atoms with Gasteiger partial charge in [0.15, 0.2) is 5.96 Å². The molecule has 0 bridgehead atoms. The Morgan fingerprint density at radius 3 is 2.43 bits per heavy atom. The maximum absolute atomic E-state index is 12.7. The van der Waals surface area contributed by atoms with E-state index in [1.807, 2.05) is 7.05 Å². The minimum absolute atomic E-state index is 0. The monoisotopic (exact) mass is 533 g/mol. The second kappa shape index (κ2) is 11.3. The molecule has 1 saturated carbocycles. The lowest BCUT2D eigenvalue weighted by atomic mass is 9.88. The molecule has 3 saturated heterocycles. The summed E-state index contributed by atoms with van der Waals surface area (Å²) < 4.78 is 5.66. The zero-order chi connectivity index (χ0) is 20.1. The highest BCUT2D eigenvalue weighted by molar-refractivity contribution is 14.0. The van der Waals surface area contributed by atoms with E-state index in [1.165, 1.54) is 38.8 Å². The Labute approximate surface area is 198 Å². The van der Waals surface area contributed by atoms with Crippen LogP contribution in [0.4, 0.5) is 0 Å². The molecule has 1 amide bonds. The first-order valence-corrected chi connectivity index (χ1v) is 11.8. The first-order valence-electron chi connectivity index (χ1n) is 11.8. The Kier molecular flexibility index (Phi) is 9.07. The highest BCUT2D eigenvalue weighted by atomic mass is 127. The molecule has 172 valence electrons. The minimum atomic E-state index is 0. The molecule has 3 heterocycles. The van der Waals surface area contributed by atoms with Crippen LogP contribution in [0.25, 0.3) is 0 Å². The molecule has 0 aromatic rings. The van der Waals surface area contributed by atoms with Gasteiger partial charge in [-0.1, -0.05) is 12.8 Å². The summed E-state index contributed by atoms with van der Waals surface area (Å²) in [7, 11) is 1.85. The number of halogens is 1. The average Bonchev–Trinajstić information content (AvgIpc) is 3.53. The summed E-state index contributed by atoms with van der Waals surface area (Å²) in [6.07, 6.45) is 10.4. The van der Waals surface area contributed by atoms with Gasteiger partial charge >= 0.3 is 0 Å². The van der Waals surface area contributed by atoms with Crippen LogP contribution in [0.3, 0.4) is 0 Å². The van der Waals surface area contributed by atoms with E-state index in [9.17, 15) is 4.79 Å². The molecule has 3 aliphatic heterocycles. The second-order valence-electron chi connectivity index (χ2n) is 9.35. The first-order chi connectivity index (χ1) is 14.2. The van der Waals surface area contributed by atoms with Gasteiger partial charge in [-0.2, -0.15) is 0 Å². The summed E-state index contributed by atoms with van der Waals surface area (Å²) >= 11 is 0. The van der Waals surface area contributed by atoms with Crippen molar-refractivity contribution < 1.29 is 9.53 Å². The fourth-order valence-corrected chi connectivity index (χ4v) is 5.69. The van der Waals surface area contributed by atoms with E-state index in [4.69, 9.17) is 4.74 Å². The summed E-state index contributed by atoms with van der Waals surface area (Å²) in [5, 5.41) is 7.20. The highest BCUT2D eigenvalue weighted by Gasteiger charge is 2.40. The summed E-state index contributed by atoms with van der Waals surface area (Å²) in [6, 6.07) is 0.295. The standard InChI is InChI=1S/C22H39N5O2.HI/c1-23-21(24-17-22(9-14-29-15-10-22)27-11-4-5-12-27)25-19-8-13-26(16-19)20(28)18-6-2-3-7-18;/h18-19H,2-17H2,1H3,(H2,23,24,25);1H. The predicted molar refractivity (Wildman–Crippen MR) is 130 cm³/mol. The van der Waals surface area contributed by atoms with Gasteiger partial charge in [0, 0.05) is 57.4 Å². The van der Waals surface area contributed by atoms with Crippen LogP contribution >= 0.6 is 24.0 Å². The molecular weight excluding hydrogens is 493 g/mol. The Balaban J connectivity index is 0.00000256. The first kappa shape index (κ1) is 24.0. The van der Waals surface area contributed by atoms with Crippen LogP contribution in [0.15, 0.2) is 4.99 Å². The van der Waals surface area contributed by atoms with Gasteiger partial charge in [-0.3, -0.25) is 14.7 Å². The number of aliphatic imine (C=N–C) groups is 1. The van der Waals surface area contributed by atoms with E-state index in [0.717, 1.165) is 70.9 Å². The van der Waals surface area contributed by atoms with Crippen molar-refractivity contribution in [1.82, 2.24) is 20.4 Å². The summed E-state index contributed by atoms with van der Waals surface area (Å²) in [5.41, 5.74) is 0.187. The molecular formula is C22H40IN5O2. The van der Waals surface area contributed by atoms with Crippen LogP contribution in [-0.4, -0.2) is 86.2 Å². The van der Waals surface area contributed by atoms with Crippen molar-refractivity contribution in [3.8, 4) is 0 Å². The maximum atomic E-state index is 12.7. The van der Waals surface area contributed by atoms with Gasteiger partial charge in [0.05, 0.1) is 0 Å². The van der Waals surface area contributed by atoms with E-state index in [2.05, 4.69) is 25.4 Å². The molecule has 1 unspecified atom stereocenters. The van der Waals surface area contributed by atoms with Crippen molar-refractivity contribution in [2.45, 2.75) is 69.4 Å². The number of likely N-dealkylation sites (tertiary alicyclic amines) is 2. The predicted octanol–water partition coefficient (Wildman–Crippen LogP) is 2.21. The number of hydrogen-bond acceptors (Lipinski definition) is 4. The minimum Gasteiger partial charge on any atom is -0.381 e. The zero-order valence-corrected chi connectivity index (χ0v) is 20.9. The fraction of sp³-hybridized carbons (Fsp3) is 0.909. The number of nitrogens with one attached hydrogen (secondary N) is 2. The number of guanidine groups is 1. The molecule has 8 heteroatoms. The number of carbonyl (C=O) groups is 1. The van der Waals surface area contributed by atoms with Gasteiger partial charge < -0.3 is 20.3 Å². The third-order valence-corrected chi connectivity index (χ3v) is 7.55. The molecule has 4 fully saturated rings. The fourth-order valence-electron chi connectivity index (χ4n) is 5.69. The molecule has 4 rings (SSSR count). The maximum Gasteiger partial charge on any atom is 0.225 e. The van der Waals surface area contributed by atoms with Crippen molar-refractivity contribution >= 4 is 35.8 Å². The topological polar surface area (TPSA) is 69.2 Å². The van der Waals surface area contributed by atoms with E-state index >= 15 is 0 Å². The molecule has 1 aliphatic carbocycles. The number of amides is 1. The van der Waals surface area contributed by atoms with E-state index < -0.39 is 0 Å². The SMILES string of the molecule is CN=C(NCC1(N2CCCC2)CCOCC1)NC1CCN(C(=O)C2CCCC2)C1.I. The van der Waals surface area contributed by atoms with Gasteiger partial charge in [-0.05, 0) is 58.0 Å². The molecule has 1 atom stereocenters. The van der Waals surface area contributed by atoms with Gasteiger partial charge in [-0.15, -0.1) is 24.0 Å². The van der Waals surface area contributed by atoms with Crippen LogP contribution < -0.4 is 10.6 Å². The Hall–Kier alpha value is -0.610. The Morgan fingerprint density at radius 2 is 1.77 bits per heavy atom. The van der Waals surface area contributed by atoms with Crippen LogP contribution in [0, 0.1) is 5.92 Å². The van der Waals surface area contributed by atoms with Crippen LogP contribution in [0.2, 0.25) is 0 Å². The number of hydrogen-bond donors (Lipinski definition) is 2. The van der Waals surface area contributed by atoms with E-state index in [-0.39, 0.29) is 35.4 Å². The molecule has 0 radical (unpaired) electrons. The molecule has 2 N–H and O–H groups in total. The second-order valence-corrected chi connectivity index (χ2v) is 9.35. The van der Waals surface area contributed by atoms with Crippen molar-refractivity contribution in [2.75, 3.05) is 53.0 Å². The van der Waals surface area contributed by atoms with Gasteiger partial charge in [-0.25, -0.2) is 0 Å². The smallest absolute Gasteiger partial charge is 0.225 e. The molecule has 4 aliphatic rings. The third kappa shape index (κ3) is 5.59. The Morgan fingerprint density at radius 1 is 1.07 bits per heavy atom. The van der Waals surface area contributed by atoms with Gasteiger partial charge in [0.2, 0.25) is 5.91 Å². The lowest BCUT2D eigenvalue weighted by molar-refractivity contribution is -0.134. The number of carbonyl (C=O) groups excluding carboxylic acids is 1. The lowest BCUT2D eigenvalue weighted by Gasteiger charge is -2.45.